The minimum atomic E-state index is -0.205. The molecule has 0 aliphatic carbocycles. The second kappa shape index (κ2) is 12.3. The van der Waals surface area contributed by atoms with Crippen LogP contribution in [0.1, 0.15) is 19.3 Å². The molecule has 2 saturated heterocycles. The molecule has 2 aliphatic rings. The molecule has 3 aromatic rings. The molecular weight excluding hydrogens is 487 g/mol. The molecule has 10 heteroatoms. The molecule has 2 aromatic carbocycles. The predicted molar refractivity (Wildman–Crippen MR) is 144 cm³/mol. The van der Waals surface area contributed by atoms with Crippen molar-refractivity contribution >= 4 is 17.6 Å². The number of amides is 1. The van der Waals surface area contributed by atoms with E-state index in [9.17, 15) is 9.18 Å². The monoisotopic (exact) mass is 522 g/mol. The van der Waals surface area contributed by atoms with Gasteiger partial charge in [0.1, 0.15) is 11.6 Å². The van der Waals surface area contributed by atoms with Crippen LogP contribution in [-0.4, -0.2) is 80.4 Å². The van der Waals surface area contributed by atoms with E-state index in [4.69, 9.17) is 9.26 Å². The highest BCUT2D eigenvalue weighted by molar-refractivity contribution is 5.79. The van der Waals surface area contributed by atoms with Crippen LogP contribution < -0.4 is 19.9 Å². The number of hydrogen-bond acceptors (Lipinski definition) is 8. The Bertz CT molecular complexity index is 1180. The highest BCUT2D eigenvalue weighted by Gasteiger charge is 2.28. The number of anilines is 2. The molecule has 2 aliphatic heterocycles. The van der Waals surface area contributed by atoms with Gasteiger partial charge in [0, 0.05) is 57.1 Å². The van der Waals surface area contributed by atoms with E-state index in [1.165, 1.54) is 12.1 Å². The van der Waals surface area contributed by atoms with E-state index >= 15 is 0 Å². The molecule has 38 heavy (non-hydrogen) atoms. The molecule has 1 N–H and O–H groups in total. The molecule has 3 heterocycles. The molecular formula is C28H35FN6O3. The molecule has 0 radical (unpaired) electrons. The Hall–Kier alpha value is -3.66. The molecule has 0 bridgehead atoms. The van der Waals surface area contributed by atoms with Gasteiger partial charge in [0.25, 0.3) is 0 Å². The van der Waals surface area contributed by atoms with Gasteiger partial charge in [-0.2, -0.15) is 4.98 Å². The van der Waals surface area contributed by atoms with Gasteiger partial charge in [-0.05, 0) is 74.3 Å². The van der Waals surface area contributed by atoms with Crippen LogP contribution in [0.4, 0.5) is 16.1 Å². The van der Waals surface area contributed by atoms with Gasteiger partial charge in [-0.15, -0.1) is 0 Å². The summed E-state index contributed by atoms with van der Waals surface area (Å²) in [5, 5.41) is 7.25. The Kier molecular flexibility index (Phi) is 8.37. The zero-order valence-electron chi connectivity index (χ0n) is 21.8. The summed E-state index contributed by atoms with van der Waals surface area (Å²) < 4.78 is 23.9. The number of halogens is 1. The van der Waals surface area contributed by atoms with Gasteiger partial charge < -0.3 is 24.4 Å². The summed E-state index contributed by atoms with van der Waals surface area (Å²) in [5.74, 6) is 1.08. The SMILES string of the molecule is COc1ccc(-c2noc(N3CCC[C@H](C(=O)NCCCN4CCN(c5ccc(F)cc5)CC4)C3)n2)cc1. The maximum absolute atomic E-state index is 13.2. The topological polar surface area (TPSA) is 87.0 Å². The summed E-state index contributed by atoms with van der Waals surface area (Å²) in [6.07, 6.45) is 2.66. The zero-order valence-corrected chi connectivity index (χ0v) is 21.8. The number of rotatable bonds is 9. The van der Waals surface area contributed by atoms with Gasteiger partial charge in [0.15, 0.2) is 0 Å². The molecule has 202 valence electrons. The van der Waals surface area contributed by atoms with Gasteiger partial charge in [0.2, 0.25) is 11.7 Å². The Labute approximate surface area is 222 Å². The fourth-order valence-electron chi connectivity index (χ4n) is 5.11. The van der Waals surface area contributed by atoms with Gasteiger partial charge in [-0.25, -0.2) is 4.39 Å². The smallest absolute Gasteiger partial charge is 0.324 e. The summed E-state index contributed by atoms with van der Waals surface area (Å²) in [4.78, 5) is 24.1. The standard InChI is InChI=1S/C28H35FN6O3/c1-37-25-11-5-21(6-12-25)26-31-28(38-32-26)35-15-2-4-22(20-35)27(36)30-13-3-14-33-16-18-34(19-17-33)24-9-7-23(29)8-10-24/h5-12,22H,2-4,13-20H2,1H3,(H,30,36)/t22-/m0/s1. The van der Waals surface area contributed by atoms with E-state index in [0.29, 0.717) is 24.9 Å². The number of aromatic nitrogens is 2. The van der Waals surface area contributed by atoms with Gasteiger partial charge in [-0.1, -0.05) is 5.16 Å². The average Bonchev–Trinajstić information content (AvgIpc) is 3.47. The van der Waals surface area contributed by atoms with Crippen LogP contribution in [0.15, 0.2) is 53.1 Å². The number of piperazine rings is 1. The number of carbonyl (C=O) groups is 1. The molecule has 2 fully saturated rings. The van der Waals surface area contributed by atoms with Gasteiger partial charge >= 0.3 is 6.01 Å². The number of nitrogens with zero attached hydrogens (tertiary/aromatic N) is 5. The number of ether oxygens (including phenoxy) is 1. The van der Waals surface area contributed by atoms with Gasteiger partial charge in [-0.3, -0.25) is 9.69 Å². The Balaban J connectivity index is 1.03. The first-order valence-corrected chi connectivity index (χ1v) is 13.3. The van der Waals surface area contributed by atoms with Crippen molar-refractivity contribution < 1.29 is 18.4 Å². The minimum absolute atomic E-state index is 0.0886. The number of benzene rings is 2. The first-order chi connectivity index (χ1) is 18.6. The second-order valence-corrected chi connectivity index (χ2v) is 9.86. The molecule has 0 saturated carbocycles. The van der Waals surface area contributed by atoms with Crippen molar-refractivity contribution in [3.63, 3.8) is 0 Å². The van der Waals surface area contributed by atoms with E-state index < -0.39 is 0 Å². The fraction of sp³-hybridized carbons (Fsp3) is 0.464. The lowest BCUT2D eigenvalue weighted by Crippen LogP contribution is -2.47. The first-order valence-electron chi connectivity index (χ1n) is 13.3. The number of nitrogens with one attached hydrogen (secondary N) is 1. The average molecular weight is 523 g/mol. The van der Waals surface area contributed by atoms with Gasteiger partial charge in [0.05, 0.1) is 13.0 Å². The largest absolute Gasteiger partial charge is 0.497 e. The Morgan fingerprint density at radius 2 is 1.82 bits per heavy atom. The van der Waals surface area contributed by atoms with Crippen LogP contribution in [0.25, 0.3) is 11.4 Å². The van der Waals surface area contributed by atoms with Crippen LogP contribution in [0.3, 0.4) is 0 Å². The summed E-state index contributed by atoms with van der Waals surface area (Å²) in [6.45, 7) is 6.74. The lowest BCUT2D eigenvalue weighted by Gasteiger charge is -2.36. The Morgan fingerprint density at radius 1 is 1.05 bits per heavy atom. The van der Waals surface area contributed by atoms with Crippen molar-refractivity contribution in [2.45, 2.75) is 19.3 Å². The number of carbonyl (C=O) groups excluding carboxylic acids is 1. The van der Waals surface area contributed by atoms with E-state index in [-0.39, 0.29) is 17.6 Å². The summed E-state index contributed by atoms with van der Waals surface area (Å²) in [7, 11) is 1.63. The third-order valence-corrected chi connectivity index (χ3v) is 7.34. The molecule has 1 amide bonds. The van der Waals surface area contributed by atoms with Crippen LogP contribution in [0.5, 0.6) is 5.75 Å². The Morgan fingerprint density at radius 3 is 2.55 bits per heavy atom. The van der Waals surface area contributed by atoms with Crippen LogP contribution in [0, 0.1) is 11.7 Å². The van der Waals surface area contributed by atoms with Crippen LogP contribution in [-0.2, 0) is 4.79 Å². The minimum Gasteiger partial charge on any atom is -0.497 e. The summed E-state index contributed by atoms with van der Waals surface area (Å²) in [6, 6.07) is 14.7. The molecule has 1 atom stereocenters. The molecule has 0 unspecified atom stereocenters. The van der Waals surface area contributed by atoms with Crippen molar-refractivity contribution in [3.8, 4) is 17.1 Å². The number of piperidine rings is 1. The van der Waals surface area contributed by atoms with E-state index in [1.807, 2.05) is 41.3 Å². The molecule has 0 spiro atoms. The molecule has 1 aromatic heterocycles. The lowest BCUT2D eigenvalue weighted by molar-refractivity contribution is -0.125. The third kappa shape index (κ3) is 6.42. The van der Waals surface area contributed by atoms with Crippen molar-refractivity contribution in [1.82, 2.24) is 20.4 Å². The van der Waals surface area contributed by atoms with Crippen LogP contribution in [0.2, 0.25) is 0 Å². The maximum Gasteiger partial charge on any atom is 0.324 e. The summed E-state index contributed by atoms with van der Waals surface area (Å²) >= 11 is 0. The highest BCUT2D eigenvalue weighted by atomic mass is 19.1. The number of methoxy groups -OCH3 is 1. The first kappa shape index (κ1) is 26.0. The van der Waals surface area contributed by atoms with Crippen LogP contribution >= 0.6 is 0 Å². The van der Waals surface area contributed by atoms with Crippen molar-refractivity contribution in [3.05, 3.63) is 54.3 Å². The number of hydrogen-bond donors (Lipinski definition) is 1. The maximum atomic E-state index is 13.2. The zero-order chi connectivity index (χ0) is 26.3. The fourth-order valence-corrected chi connectivity index (χ4v) is 5.11. The second-order valence-electron chi connectivity index (χ2n) is 9.86. The van der Waals surface area contributed by atoms with Crippen molar-refractivity contribution in [1.29, 1.82) is 0 Å². The molecule has 9 nitrogen and oxygen atoms in total. The van der Waals surface area contributed by atoms with Crippen molar-refractivity contribution in [2.75, 3.05) is 69.3 Å². The summed E-state index contributed by atoms with van der Waals surface area (Å²) in [5.41, 5.74) is 1.92. The van der Waals surface area contributed by atoms with E-state index in [2.05, 4.69) is 25.3 Å². The lowest BCUT2D eigenvalue weighted by atomic mass is 9.97. The quantitative estimate of drug-likeness (QED) is 0.428. The predicted octanol–water partition coefficient (Wildman–Crippen LogP) is 3.43. The normalized spacial score (nSPS) is 18.4. The third-order valence-electron chi connectivity index (χ3n) is 7.34. The van der Waals surface area contributed by atoms with E-state index in [0.717, 1.165) is 75.5 Å². The molecule has 5 rings (SSSR count). The van der Waals surface area contributed by atoms with Crippen molar-refractivity contribution in [2.24, 2.45) is 5.92 Å². The van der Waals surface area contributed by atoms with E-state index in [1.54, 1.807) is 7.11 Å². The highest BCUT2D eigenvalue weighted by Crippen LogP contribution is 2.26.